The summed E-state index contributed by atoms with van der Waals surface area (Å²) >= 11 is 0. The van der Waals surface area contributed by atoms with Gasteiger partial charge in [-0.1, -0.05) is 25.1 Å². The molecule has 2 rings (SSSR count). The van der Waals surface area contributed by atoms with Crippen molar-refractivity contribution in [1.82, 2.24) is 4.31 Å². The summed E-state index contributed by atoms with van der Waals surface area (Å²) in [5.74, 6) is -0.323. The minimum Gasteiger partial charge on any atom is -0.322 e. The first-order valence-corrected chi connectivity index (χ1v) is 9.13. The van der Waals surface area contributed by atoms with Crippen molar-refractivity contribution < 1.29 is 13.2 Å². The summed E-state index contributed by atoms with van der Waals surface area (Å²) in [6, 6.07) is 12.2. The van der Waals surface area contributed by atoms with Gasteiger partial charge in [-0.05, 0) is 48.7 Å². The van der Waals surface area contributed by atoms with E-state index in [1.807, 2.05) is 31.2 Å². The van der Waals surface area contributed by atoms with Crippen molar-refractivity contribution in [2.75, 3.05) is 19.4 Å². The van der Waals surface area contributed by atoms with Gasteiger partial charge >= 0.3 is 0 Å². The van der Waals surface area contributed by atoms with Crippen LogP contribution < -0.4 is 5.32 Å². The molecule has 24 heavy (non-hydrogen) atoms. The van der Waals surface area contributed by atoms with Crippen molar-refractivity contribution in [3.8, 4) is 0 Å². The van der Waals surface area contributed by atoms with E-state index in [2.05, 4.69) is 5.32 Å². The number of nitrogens with one attached hydrogen (secondary N) is 1. The Balaban J connectivity index is 2.35. The van der Waals surface area contributed by atoms with Crippen molar-refractivity contribution in [3.63, 3.8) is 0 Å². The van der Waals surface area contributed by atoms with Gasteiger partial charge in [0.05, 0.1) is 4.90 Å². The Labute approximate surface area is 143 Å². The van der Waals surface area contributed by atoms with Gasteiger partial charge < -0.3 is 5.32 Å². The number of benzene rings is 2. The zero-order valence-corrected chi connectivity index (χ0v) is 15.1. The molecule has 0 aliphatic rings. The Morgan fingerprint density at radius 3 is 2.46 bits per heavy atom. The van der Waals surface area contributed by atoms with Gasteiger partial charge in [-0.2, -0.15) is 0 Å². The van der Waals surface area contributed by atoms with Gasteiger partial charge in [0, 0.05) is 25.3 Å². The highest BCUT2D eigenvalue weighted by Gasteiger charge is 2.20. The minimum atomic E-state index is -3.58. The molecule has 1 amide bonds. The van der Waals surface area contributed by atoms with E-state index in [1.165, 1.54) is 26.2 Å². The zero-order chi connectivity index (χ0) is 17.9. The lowest BCUT2D eigenvalue weighted by atomic mass is 10.1. The molecule has 0 unspecified atom stereocenters. The Kier molecular flexibility index (Phi) is 5.41. The number of anilines is 1. The van der Waals surface area contributed by atoms with Crippen LogP contribution in [0.1, 0.15) is 28.4 Å². The summed E-state index contributed by atoms with van der Waals surface area (Å²) < 4.78 is 25.6. The molecule has 0 heterocycles. The van der Waals surface area contributed by atoms with Crippen molar-refractivity contribution in [1.29, 1.82) is 0 Å². The fourth-order valence-electron chi connectivity index (χ4n) is 2.28. The summed E-state index contributed by atoms with van der Waals surface area (Å²) in [5, 5.41) is 2.83. The van der Waals surface area contributed by atoms with Crippen LogP contribution in [0.25, 0.3) is 0 Å². The van der Waals surface area contributed by atoms with Gasteiger partial charge in [0.1, 0.15) is 0 Å². The van der Waals surface area contributed by atoms with Crippen LogP contribution in [0.15, 0.2) is 47.4 Å². The van der Waals surface area contributed by atoms with E-state index >= 15 is 0 Å². The number of aryl methyl sites for hydroxylation is 2. The van der Waals surface area contributed by atoms with Crippen molar-refractivity contribution in [2.24, 2.45) is 0 Å². The first kappa shape index (κ1) is 18.2. The molecule has 0 atom stereocenters. The third-order valence-corrected chi connectivity index (χ3v) is 5.64. The maximum absolute atomic E-state index is 12.6. The van der Waals surface area contributed by atoms with E-state index in [9.17, 15) is 13.2 Å². The number of rotatable bonds is 5. The largest absolute Gasteiger partial charge is 0.322 e. The average molecular weight is 346 g/mol. The van der Waals surface area contributed by atoms with Crippen molar-refractivity contribution >= 4 is 21.6 Å². The van der Waals surface area contributed by atoms with Crippen LogP contribution in [-0.4, -0.2) is 32.7 Å². The number of hydrogen-bond acceptors (Lipinski definition) is 3. The van der Waals surface area contributed by atoms with Gasteiger partial charge in [-0.3, -0.25) is 4.79 Å². The second-order valence-electron chi connectivity index (χ2n) is 5.77. The highest BCUT2D eigenvalue weighted by atomic mass is 32.2. The molecule has 0 bridgehead atoms. The third-order valence-electron chi connectivity index (χ3n) is 3.83. The number of hydrogen-bond donors (Lipinski definition) is 1. The molecule has 0 fully saturated rings. The van der Waals surface area contributed by atoms with E-state index in [4.69, 9.17) is 0 Å². The second kappa shape index (κ2) is 7.15. The van der Waals surface area contributed by atoms with E-state index in [0.29, 0.717) is 11.3 Å². The lowest BCUT2D eigenvalue weighted by molar-refractivity contribution is 0.102. The first-order valence-electron chi connectivity index (χ1n) is 7.69. The molecule has 1 N–H and O–H groups in total. The Bertz CT molecular complexity index is 858. The molecule has 2 aromatic rings. The topological polar surface area (TPSA) is 66.5 Å². The van der Waals surface area contributed by atoms with E-state index in [-0.39, 0.29) is 10.8 Å². The normalized spacial score (nSPS) is 11.5. The zero-order valence-electron chi connectivity index (χ0n) is 14.3. The molecule has 0 spiro atoms. The SMILES string of the molecule is CCc1cccc(NC(=O)c2cc(S(=O)(=O)N(C)C)ccc2C)c1. The van der Waals surface area contributed by atoms with Crippen molar-refractivity contribution in [2.45, 2.75) is 25.2 Å². The molecule has 128 valence electrons. The van der Waals surface area contributed by atoms with Crippen LogP contribution in [0.5, 0.6) is 0 Å². The highest BCUT2D eigenvalue weighted by Crippen LogP contribution is 2.20. The molecule has 0 radical (unpaired) electrons. The minimum absolute atomic E-state index is 0.102. The van der Waals surface area contributed by atoms with Crippen LogP contribution in [0, 0.1) is 6.92 Å². The standard InChI is InChI=1S/C18H22N2O3S/c1-5-14-7-6-8-15(11-14)19-18(21)17-12-16(10-9-13(17)2)24(22,23)20(3)4/h6-12H,5H2,1-4H3,(H,19,21). The van der Waals surface area contributed by atoms with E-state index in [0.717, 1.165) is 21.9 Å². The number of carbonyl (C=O) groups excluding carboxylic acids is 1. The Hall–Kier alpha value is -2.18. The average Bonchev–Trinajstić information content (AvgIpc) is 2.54. The van der Waals surface area contributed by atoms with Crippen molar-refractivity contribution in [3.05, 3.63) is 59.2 Å². The molecule has 2 aromatic carbocycles. The number of nitrogens with zero attached hydrogens (tertiary/aromatic N) is 1. The molecule has 0 saturated heterocycles. The first-order chi connectivity index (χ1) is 11.3. The monoisotopic (exact) mass is 346 g/mol. The van der Waals surface area contributed by atoms with Crippen LogP contribution in [0.3, 0.4) is 0 Å². The molecular weight excluding hydrogens is 324 g/mol. The number of carbonyl (C=O) groups is 1. The molecule has 0 saturated carbocycles. The second-order valence-corrected chi connectivity index (χ2v) is 7.92. The Morgan fingerprint density at radius 1 is 1.12 bits per heavy atom. The van der Waals surface area contributed by atoms with E-state index < -0.39 is 10.0 Å². The van der Waals surface area contributed by atoms with Gasteiger partial charge in [0.2, 0.25) is 10.0 Å². The number of sulfonamides is 1. The third kappa shape index (κ3) is 3.83. The molecule has 0 aliphatic heterocycles. The summed E-state index contributed by atoms with van der Waals surface area (Å²) in [6.07, 6.45) is 0.874. The fraction of sp³-hybridized carbons (Fsp3) is 0.278. The van der Waals surface area contributed by atoms with Crippen LogP contribution >= 0.6 is 0 Å². The quantitative estimate of drug-likeness (QED) is 0.905. The van der Waals surface area contributed by atoms with E-state index in [1.54, 1.807) is 13.0 Å². The van der Waals surface area contributed by atoms with Gasteiger partial charge in [0.25, 0.3) is 5.91 Å². The smallest absolute Gasteiger partial charge is 0.255 e. The van der Waals surface area contributed by atoms with Gasteiger partial charge in [0.15, 0.2) is 0 Å². The lowest BCUT2D eigenvalue weighted by Gasteiger charge is -2.14. The highest BCUT2D eigenvalue weighted by molar-refractivity contribution is 7.89. The van der Waals surface area contributed by atoms with Gasteiger partial charge in [-0.15, -0.1) is 0 Å². The van der Waals surface area contributed by atoms with Gasteiger partial charge in [-0.25, -0.2) is 12.7 Å². The molecular formula is C18H22N2O3S. The summed E-state index contributed by atoms with van der Waals surface area (Å²) in [6.45, 7) is 3.82. The van der Waals surface area contributed by atoms with Crippen LogP contribution in [0.2, 0.25) is 0 Å². The predicted octanol–water partition coefficient (Wildman–Crippen LogP) is 3.06. The molecule has 0 aromatic heterocycles. The maximum atomic E-state index is 12.6. The maximum Gasteiger partial charge on any atom is 0.255 e. The number of amides is 1. The summed E-state index contributed by atoms with van der Waals surface area (Å²) in [5.41, 5.74) is 2.88. The van der Waals surface area contributed by atoms with Crippen LogP contribution in [-0.2, 0) is 16.4 Å². The van der Waals surface area contributed by atoms with Crippen LogP contribution in [0.4, 0.5) is 5.69 Å². The molecule has 5 nitrogen and oxygen atoms in total. The summed E-state index contributed by atoms with van der Waals surface area (Å²) in [7, 11) is -0.653. The fourth-order valence-corrected chi connectivity index (χ4v) is 3.21. The predicted molar refractivity (Wildman–Crippen MR) is 95.8 cm³/mol. The summed E-state index contributed by atoms with van der Waals surface area (Å²) in [4.78, 5) is 12.7. The lowest BCUT2D eigenvalue weighted by Crippen LogP contribution is -2.23. The Morgan fingerprint density at radius 2 is 1.83 bits per heavy atom. The molecule has 6 heteroatoms. The molecule has 0 aliphatic carbocycles.